The van der Waals surface area contributed by atoms with E-state index >= 15 is 0 Å². The maximum absolute atomic E-state index is 5.49. The van der Waals surface area contributed by atoms with Crippen molar-refractivity contribution in [1.29, 1.82) is 0 Å². The van der Waals surface area contributed by atoms with Crippen molar-refractivity contribution in [3.8, 4) is 11.3 Å². The van der Waals surface area contributed by atoms with Crippen LogP contribution in [0.4, 0.5) is 17.3 Å². The van der Waals surface area contributed by atoms with E-state index in [-0.39, 0.29) is 0 Å². The molecule has 7 rings (SSSR count). The Bertz CT molecular complexity index is 1270. The highest BCUT2D eigenvalue weighted by molar-refractivity contribution is 5.66. The predicted octanol–water partition coefficient (Wildman–Crippen LogP) is 5.69. The van der Waals surface area contributed by atoms with Crippen molar-refractivity contribution in [3.63, 3.8) is 0 Å². The molecule has 1 N–H and O–H groups in total. The summed E-state index contributed by atoms with van der Waals surface area (Å²) in [5, 5.41) is 3.43. The van der Waals surface area contributed by atoms with Gasteiger partial charge in [0.1, 0.15) is 0 Å². The van der Waals surface area contributed by atoms with Crippen LogP contribution < -0.4 is 10.2 Å². The second-order valence-electron chi connectivity index (χ2n) is 11.6. The van der Waals surface area contributed by atoms with Crippen LogP contribution in [0.1, 0.15) is 62.1 Å². The number of anilines is 3. The van der Waals surface area contributed by atoms with Crippen molar-refractivity contribution in [2.45, 2.75) is 75.9 Å². The first-order valence-corrected chi connectivity index (χ1v) is 14.5. The van der Waals surface area contributed by atoms with Crippen LogP contribution in [0.25, 0.3) is 11.3 Å². The number of fused-ring (bicyclic) bond motifs is 2. The predicted molar refractivity (Wildman–Crippen MR) is 151 cm³/mol. The van der Waals surface area contributed by atoms with E-state index in [1.807, 2.05) is 18.5 Å². The van der Waals surface area contributed by atoms with Crippen LogP contribution in [-0.4, -0.2) is 64.3 Å². The van der Waals surface area contributed by atoms with Crippen LogP contribution >= 0.6 is 0 Å². The van der Waals surface area contributed by atoms with Gasteiger partial charge in [-0.1, -0.05) is 12.8 Å². The number of nitrogens with one attached hydrogen (secondary N) is 1. The molecule has 7 nitrogen and oxygen atoms in total. The van der Waals surface area contributed by atoms with Gasteiger partial charge in [-0.3, -0.25) is 9.88 Å². The highest BCUT2D eigenvalue weighted by Crippen LogP contribution is 2.40. The van der Waals surface area contributed by atoms with Gasteiger partial charge in [0.25, 0.3) is 0 Å². The lowest BCUT2D eigenvalue weighted by Gasteiger charge is -2.39. The van der Waals surface area contributed by atoms with E-state index in [0.29, 0.717) is 17.9 Å². The summed E-state index contributed by atoms with van der Waals surface area (Å²) >= 11 is 0. The molecular formula is C31H38N6O. The number of benzene rings is 1. The van der Waals surface area contributed by atoms with E-state index in [9.17, 15) is 0 Å². The Morgan fingerprint density at radius 1 is 0.895 bits per heavy atom. The summed E-state index contributed by atoms with van der Waals surface area (Å²) in [6.07, 6.45) is 12.8. The molecule has 4 fully saturated rings. The summed E-state index contributed by atoms with van der Waals surface area (Å²) in [6.45, 7) is 6.28. The maximum atomic E-state index is 5.49. The number of likely N-dealkylation sites (tertiary alicyclic amines) is 1. The molecule has 0 spiro atoms. The zero-order valence-corrected chi connectivity index (χ0v) is 22.4. The largest absolute Gasteiger partial charge is 0.381 e. The SMILES string of the molecule is Cc1cc(Nc2nccc(-c3ccc(C4CCOCC4)nc3)n2)ccc1N1C[C@@H]2C[C@H]1CN2C1CCCC1. The molecule has 0 unspecified atom stereocenters. The molecule has 1 aromatic carbocycles. The first-order valence-electron chi connectivity index (χ1n) is 14.5. The molecule has 3 aliphatic heterocycles. The molecule has 3 aromatic rings. The van der Waals surface area contributed by atoms with Crippen molar-refractivity contribution < 1.29 is 4.74 Å². The lowest BCUT2D eigenvalue weighted by molar-refractivity contribution is 0.0845. The van der Waals surface area contributed by atoms with E-state index in [1.54, 1.807) is 0 Å². The Labute approximate surface area is 225 Å². The van der Waals surface area contributed by atoms with E-state index in [2.05, 4.69) is 57.4 Å². The number of aromatic nitrogens is 3. The number of hydrogen-bond donors (Lipinski definition) is 1. The summed E-state index contributed by atoms with van der Waals surface area (Å²) in [5.41, 5.74) is 6.74. The van der Waals surface area contributed by atoms with Crippen LogP contribution in [-0.2, 0) is 4.74 Å². The first kappa shape index (κ1) is 24.0. The van der Waals surface area contributed by atoms with Crippen molar-refractivity contribution >= 4 is 17.3 Å². The Kier molecular flexibility index (Phi) is 6.50. The molecule has 38 heavy (non-hydrogen) atoms. The smallest absolute Gasteiger partial charge is 0.227 e. The van der Waals surface area contributed by atoms with E-state index in [1.165, 1.54) is 56.4 Å². The topological polar surface area (TPSA) is 66.4 Å². The summed E-state index contributed by atoms with van der Waals surface area (Å²) in [7, 11) is 0. The molecule has 7 heteroatoms. The molecular weight excluding hydrogens is 472 g/mol. The van der Waals surface area contributed by atoms with E-state index < -0.39 is 0 Å². The van der Waals surface area contributed by atoms with E-state index in [0.717, 1.165) is 60.8 Å². The summed E-state index contributed by atoms with van der Waals surface area (Å²) in [4.78, 5) is 19.5. The standard InChI is InChI=1S/C31H38N6O/c1-21-16-24(7-9-30(21)37-20-26-17-27(37)19-36(26)25-4-2-3-5-25)34-31-32-13-10-29(35-31)23-6-8-28(33-18-23)22-11-14-38-15-12-22/h6-10,13,16,18,22,25-27H,2-5,11-12,14-15,17,19-20H2,1H3,(H,32,34,35)/t26-,27-/m0/s1. The Balaban J connectivity index is 1.02. The zero-order chi connectivity index (χ0) is 25.5. The Morgan fingerprint density at radius 3 is 2.50 bits per heavy atom. The van der Waals surface area contributed by atoms with Crippen molar-refractivity contribution in [2.24, 2.45) is 0 Å². The molecule has 0 amide bonds. The second-order valence-corrected chi connectivity index (χ2v) is 11.6. The minimum absolute atomic E-state index is 0.494. The van der Waals surface area contributed by atoms with E-state index in [4.69, 9.17) is 14.7 Å². The number of nitrogens with zero attached hydrogens (tertiary/aromatic N) is 5. The van der Waals surface area contributed by atoms with Gasteiger partial charge in [-0.15, -0.1) is 0 Å². The van der Waals surface area contributed by atoms with Crippen LogP contribution in [0.2, 0.25) is 0 Å². The Morgan fingerprint density at radius 2 is 1.76 bits per heavy atom. The number of hydrogen-bond acceptors (Lipinski definition) is 7. The average Bonchev–Trinajstić information content (AvgIpc) is 3.72. The van der Waals surface area contributed by atoms with Crippen LogP contribution in [0, 0.1) is 6.92 Å². The van der Waals surface area contributed by atoms with Crippen LogP contribution in [0.3, 0.4) is 0 Å². The molecule has 0 radical (unpaired) electrons. The molecule has 1 saturated carbocycles. The molecule has 1 aliphatic carbocycles. The van der Waals surface area contributed by atoms with Gasteiger partial charge >= 0.3 is 0 Å². The third kappa shape index (κ3) is 4.67. The molecule has 3 saturated heterocycles. The first-order chi connectivity index (χ1) is 18.7. The lowest BCUT2D eigenvalue weighted by atomic mass is 9.95. The van der Waals surface area contributed by atoms with Gasteiger partial charge in [0.15, 0.2) is 0 Å². The number of rotatable bonds is 6. The van der Waals surface area contributed by atoms with Crippen molar-refractivity contribution in [3.05, 3.63) is 60.0 Å². The lowest BCUT2D eigenvalue weighted by Crippen LogP contribution is -2.50. The highest BCUT2D eigenvalue weighted by atomic mass is 16.5. The second kappa shape index (κ2) is 10.3. The minimum atomic E-state index is 0.494. The summed E-state index contributed by atoms with van der Waals surface area (Å²) in [5.74, 6) is 1.10. The molecule has 4 aliphatic rings. The number of piperazine rings is 1. The van der Waals surface area contributed by atoms with Gasteiger partial charge in [-0.25, -0.2) is 9.97 Å². The normalized spacial score (nSPS) is 24.4. The fourth-order valence-corrected chi connectivity index (χ4v) is 7.23. The monoisotopic (exact) mass is 510 g/mol. The third-order valence-corrected chi connectivity index (χ3v) is 9.22. The highest BCUT2D eigenvalue weighted by Gasteiger charge is 2.46. The van der Waals surface area contributed by atoms with Crippen molar-refractivity contribution in [1.82, 2.24) is 19.9 Å². The van der Waals surface area contributed by atoms with Gasteiger partial charge in [0.05, 0.1) is 5.69 Å². The molecule has 5 heterocycles. The molecule has 2 bridgehead atoms. The number of ether oxygens (including phenoxy) is 1. The quantitative estimate of drug-likeness (QED) is 0.457. The van der Waals surface area contributed by atoms with Crippen molar-refractivity contribution in [2.75, 3.05) is 36.5 Å². The van der Waals surface area contributed by atoms with Gasteiger partial charge in [0, 0.05) is 85.4 Å². The van der Waals surface area contributed by atoms with Gasteiger partial charge in [0.2, 0.25) is 5.95 Å². The van der Waals surface area contributed by atoms with Gasteiger partial charge < -0.3 is 15.0 Å². The number of pyridine rings is 1. The minimum Gasteiger partial charge on any atom is -0.381 e. The summed E-state index contributed by atoms with van der Waals surface area (Å²) in [6, 6.07) is 15.1. The molecule has 2 aromatic heterocycles. The summed E-state index contributed by atoms with van der Waals surface area (Å²) < 4.78 is 5.49. The fourth-order valence-electron chi connectivity index (χ4n) is 7.23. The fraction of sp³-hybridized carbons (Fsp3) is 0.516. The Hall–Kier alpha value is -3.03. The van der Waals surface area contributed by atoms with Gasteiger partial charge in [-0.05, 0) is 81.0 Å². The van der Waals surface area contributed by atoms with Crippen LogP contribution in [0.5, 0.6) is 0 Å². The molecule has 2 atom stereocenters. The zero-order valence-electron chi connectivity index (χ0n) is 22.4. The van der Waals surface area contributed by atoms with Gasteiger partial charge in [-0.2, -0.15) is 0 Å². The number of aryl methyl sites for hydroxylation is 1. The average molecular weight is 511 g/mol. The van der Waals surface area contributed by atoms with Crippen LogP contribution in [0.15, 0.2) is 48.8 Å². The third-order valence-electron chi connectivity index (χ3n) is 9.22. The molecule has 198 valence electrons. The maximum Gasteiger partial charge on any atom is 0.227 e.